The van der Waals surface area contributed by atoms with Crippen LogP contribution in [0.5, 0.6) is 0 Å². The highest BCUT2D eigenvalue weighted by Crippen LogP contribution is 2.37. The molecule has 0 bridgehead atoms. The van der Waals surface area contributed by atoms with Gasteiger partial charge in [-0.05, 0) is 0 Å². The molecule has 1 fully saturated rings. The van der Waals surface area contributed by atoms with Crippen LogP contribution in [-0.4, -0.2) is 49.4 Å². The molecule has 1 unspecified atom stereocenters. The largest absolute Gasteiger partial charge is 0.452 e. The summed E-state index contributed by atoms with van der Waals surface area (Å²) in [6, 6.07) is 0. The molecule has 0 aromatic rings. The van der Waals surface area contributed by atoms with Gasteiger partial charge in [0.15, 0.2) is 0 Å². The first kappa shape index (κ1) is 14.5. The van der Waals surface area contributed by atoms with Gasteiger partial charge in [0.25, 0.3) is 0 Å². The van der Waals surface area contributed by atoms with Gasteiger partial charge in [-0.2, -0.15) is 26.3 Å². The predicted octanol–water partition coefficient (Wildman–Crippen LogP) is 1.19. The Hall–Kier alpha value is -0.580. The van der Waals surface area contributed by atoms with Crippen LogP contribution in [0.2, 0.25) is 0 Å². The molecular formula is C7H8F6O4. The summed E-state index contributed by atoms with van der Waals surface area (Å²) >= 11 is 0. The van der Waals surface area contributed by atoms with Crippen molar-refractivity contribution < 1.29 is 45.7 Å². The van der Waals surface area contributed by atoms with Crippen LogP contribution in [0.4, 0.5) is 26.3 Å². The second-order valence-corrected chi connectivity index (χ2v) is 3.27. The molecule has 17 heavy (non-hydrogen) atoms. The van der Waals surface area contributed by atoms with E-state index >= 15 is 0 Å². The molecule has 1 heterocycles. The average Bonchev–Trinajstić information content (AvgIpc) is 2.82. The van der Waals surface area contributed by atoms with Crippen LogP contribution < -0.4 is 0 Å². The van der Waals surface area contributed by atoms with Gasteiger partial charge in [-0.1, -0.05) is 0 Å². The molecule has 1 atom stereocenters. The predicted molar refractivity (Wildman–Crippen MR) is 38.7 cm³/mol. The highest BCUT2D eigenvalue weighted by molar-refractivity contribution is 4.69. The molecule has 1 N–H and O–H groups in total. The number of ether oxygens (including phenoxy) is 3. The summed E-state index contributed by atoms with van der Waals surface area (Å²) in [6.45, 7) is -1.66. The molecule has 4 nitrogen and oxygen atoms in total. The summed E-state index contributed by atoms with van der Waals surface area (Å²) in [4.78, 5) is 0. The van der Waals surface area contributed by atoms with Gasteiger partial charge < -0.3 is 14.6 Å². The van der Waals surface area contributed by atoms with Crippen LogP contribution in [-0.2, 0) is 14.2 Å². The van der Waals surface area contributed by atoms with Crippen molar-refractivity contribution in [2.75, 3.05) is 19.8 Å². The summed E-state index contributed by atoms with van der Waals surface area (Å²) in [7, 11) is 0. The zero-order valence-electron chi connectivity index (χ0n) is 8.14. The molecule has 1 aliphatic rings. The van der Waals surface area contributed by atoms with E-state index < -0.39 is 31.0 Å². The fourth-order valence-electron chi connectivity index (χ4n) is 0.752. The molecule has 102 valence electrons. The second-order valence-electron chi connectivity index (χ2n) is 3.27. The zero-order chi connectivity index (χ0) is 13.3. The van der Waals surface area contributed by atoms with Gasteiger partial charge >= 0.3 is 18.3 Å². The molecule has 10 heteroatoms. The molecule has 0 aromatic carbocycles. The van der Waals surface area contributed by atoms with Crippen LogP contribution in [0.1, 0.15) is 0 Å². The van der Waals surface area contributed by atoms with E-state index in [9.17, 15) is 26.3 Å². The quantitative estimate of drug-likeness (QED) is 0.557. The topological polar surface area (TPSA) is 51.2 Å². The molecule has 0 amide bonds. The Kier molecular flexibility index (Phi) is 3.91. The first-order chi connectivity index (χ1) is 7.54. The molecule has 0 aliphatic carbocycles. The maximum absolute atomic E-state index is 12.6. The Labute approximate surface area is 91.1 Å². The number of halogens is 6. The summed E-state index contributed by atoms with van der Waals surface area (Å²) in [6.07, 6.45) is -16.5. The van der Waals surface area contributed by atoms with E-state index in [-0.39, 0.29) is 13.2 Å². The smallest absolute Gasteiger partial charge is 0.371 e. The normalized spacial score (nSPS) is 21.7. The van der Waals surface area contributed by atoms with Gasteiger partial charge in [0.05, 0.1) is 13.2 Å². The molecule has 1 aliphatic heterocycles. The number of alkyl halides is 6. The van der Waals surface area contributed by atoms with E-state index in [4.69, 9.17) is 5.11 Å². The summed E-state index contributed by atoms with van der Waals surface area (Å²) in [5.74, 6) is 0. The van der Waals surface area contributed by atoms with E-state index in [1.165, 1.54) is 0 Å². The van der Waals surface area contributed by atoms with Gasteiger partial charge in [0.1, 0.15) is 12.7 Å². The third kappa shape index (κ3) is 4.66. The number of rotatable bonds is 7. The summed E-state index contributed by atoms with van der Waals surface area (Å²) in [5, 5.41) is 7.63. The van der Waals surface area contributed by atoms with Crippen LogP contribution in [0, 0.1) is 0 Å². The van der Waals surface area contributed by atoms with E-state index in [1.807, 2.05) is 0 Å². The lowest BCUT2D eigenvalue weighted by Crippen LogP contribution is -2.48. The third-order valence-electron chi connectivity index (χ3n) is 1.60. The Balaban J connectivity index is 2.40. The Morgan fingerprint density at radius 2 is 1.71 bits per heavy atom. The maximum Gasteiger partial charge on any atom is 0.452 e. The highest BCUT2D eigenvalue weighted by atomic mass is 19.3. The molecule has 0 spiro atoms. The van der Waals surface area contributed by atoms with Crippen LogP contribution >= 0.6 is 0 Å². The van der Waals surface area contributed by atoms with Crippen molar-refractivity contribution >= 4 is 0 Å². The zero-order valence-corrected chi connectivity index (χ0v) is 8.14. The number of hydrogen-bond donors (Lipinski definition) is 1. The molecule has 0 radical (unpaired) electrons. The van der Waals surface area contributed by atoms with Crippen molar-refractivity contribution in [2.45, 2.75) is 24.4 Å². The summed E-state index contributed by atoms with van der Waals surface area (Å²) in [5.41, 5.74) is 0. The van der Waals surface area contributed by atoms with Crippen LogP contribution in [0.25, 0.3) is 0 Å². The second kappa shape index (κ2) is 4.59. The monoisotopic (exact) mass is 270 g/mol. The van der Waals surface area contributed by atoms with Crippen molar-refractivity contribution in [1.29, 1.82) is 0 Å². The van der Waals surface area contributed by atoms with Crippen molar-refractivity contribution in [2.24, 2.45) is 0 Å². The van der Waals surface area contributed by atoms with E-state index in [0.29, 0.717) is 0 Å². The number of hydrogen-bond acceptors (Lipinski definition) is 4. The first-order valence-corrected chi connectivity index (χ1v) is 4.29. The SMILES string of the molecule is OC(F)(F)C(F)(F)OC(F)(F)COCC1CO1. The standard InChI is InChI=1S/C7H8F6O4/c8-5(9,3-15-1-4-2-16-4)17-7(12,13)6(10,11)14/h4,14H,1-3H2. The van der Waals surface area contributed by atoms with Crippen LogP contribution in [0.15, 0.2) is 0 Å². The highest BCUT2D eigenvalue weighted by Gasteiger charge is 2.62. The third-order valence-corrected chi connectivity index (χ3v) is 1.60. The lowest BCUT2D eigenvalue weighted by Gasteiger charge is -2.25. The lowest BCUT2D eigenvalue weighted by atomic mass is 10.5. The molecule has 0 saturated carbocycles. The summed E-state index contributed by atoms with van der Waals surface area (Å²) < 4.78 is 84.6. The minimum Gasteiger partial charge on any atom is -0.371 e. The fourth-order valence-corrected chi connectivity index (χ4v) is 0.752. The van der Waals surface area contributed by atoms with Crippen molar-refractivity contribution in [3.05, 3.63) is 0 Å². The van der Waals surface area contributed by atoms with Gasteiger partial charge in [0, 0.05) is 0 Å². The molecule has 1 saturated heterocycles. The van der Waals surface area contributed by atoms with Crippen molar-refractivity contribution in [3.8, 4) is 0 Å². The Morgan fingerprint density at radius 3 is 2.12 bits per heavy atom. The first-order valence-electron chi connectivity index (χ1n) is 4.29. The van der Waals surface area contributed by atoms with Gasteiger partial charge in [-0.15, -0.1) is 0 Å². The van der Waals surface area contributed by atoms with Crippen molar-refractivity contribution in [1.82, 2.24) is 0 Å². The van der Waals surface area contributed by atoms with Crippen LogP contribution in [0.3, 0.4) is 0 Å². The Morgan fingerprint density at radius 1 is 1.18 bits per heavy atom. The Bertz CT molecular complexity index is 262. The van der Waals surface area contributed by atoms with Crippen molar-refractivity contribution in [3.63, 3.8) is 0 Å². The van der Waals surface area contributed by atoms with Gasteiger partial charge in [-0.3, -0.25) is 0 Å². The molecular weight excluding hydrogens is 262 g/mol. The van der Waals surface area contributed by atoms with E-state index in [1.54, 1.807) is 0 Å². The van der Waals surface area contributed by atoms with E-state index in [2.05, 4.69) is 14.2 Å². The van der Waals surface area contributed by atoms with Gasteiger partial charge in [0.2, 0.25) is 0 Å². The number of epoxide rings is 1. The average molecular weight is 270 g/mol. The maximum atomic E-state index is 12.6. The minimum absolute atomic E-state index is 0.289. The molecule has 0 aromatic heterocycles. The van der Waals surface area contributed by atoms with Gasteiger partial charge in [-0.25, -0.2) is 4.74 Å². The fraction of sp³-hybridized carbons (Fsp3) is 1.00. The minimum atomic E-state index is -5.71. The van der Waals surface area contributed by atoms with E-state index in [0.717, 1.165) is 0 Å². The number of aliphatic hydroxyl groups is 1. The lowest BCUT2D eigenvalue weighted by molar-refractivity contribution is -0.476. The molecule has 1 rings (SSSR count).